The largest absolute Gasteiger partial charge is 0.394 e. The first-order valence-corrected chi connectivity index (χ1v) is 17.5. The van der Waals surface area contributed by atoms with E-state index in [0.29, 0.717) is 18.7 Å². The quantitative estimate of drug-likeness (QED) is 0.232. The van der Waals surface area contributed by atoms with Crippen molar-refractivity contribution in [2.24, 2.45) is 11.8 Å². The number of halogens is 1. The van der Waals surface area contributed by atoms with E-state index in [-0.39, 0.29) is 41.0 Å². The molecule has 1 spiro atoms. The van der Waals surface area contributed by atoms with Gasteiger partial charge in [-0.2, -0.15) is 0 Å². The zero-order valence-electron chi connectivity index (χ0n) is 26.2. The number of carbonyl (C=O) groups excluding carboxylic acids is 3. The Labute approximate surface area is 279 Å². The Kier molecular flexibility index (Phi) is 10.2. The molecule has 3 aliphatic heterocycles. The van der Waals surface area contributed by atoms with Gasteiger partial charge >= 0.3 is 0 Å². The number of alkyl halides is 1. The molecule has 2 aromatic carbocycles. The van der Waals surface area contributed by atoms with Gasteiger partial charge in [-0.25, -0.2) is 0 Å². The minimum atomic E-state index is -0.864. The molecular formula is C35H43BrN4O4S. The number of rotatable bonds is 13. The van der Waals surface area contributed by atoms with E-state index < -0.39 is 28.7 Å². The molecule has 3 amide bonds. The second kappa shape index (κ2) is 13.7. The fourth-order valence-corrected chi connectivity index (χ4v) is 11.0. The summed E-state index contributed by atoms with van der Waals surface area (Å²) < 4.78 is -0.839. The normalized spacial score (nSPS) is 27.2. The lowest BCUT2D eigenvalue weighted by atomic mass is 9.70. The molecule has 240 valence electrons. The molecule has 3 aliphatic rings. The van der Waals surface area contributed by atoms with Gasteiger partial charge < -0.3 is 24.7 Å². The van der Waals surface area contributed by atoms with Gasteiger partial charge in [0.1, 0.15) is 6.04 Å². The molecule has 3 unspecified atom stereocenters. The van der Waals surface area contributed by atoms with Crippen LogP contribution in [0.1, 0.15) is 27.2 Å². The molecule has 3 saturated heterocycles. The second-order valence-electron chi connectivity index (χ2n) is 11.9. The molecule has 2 bridgehead atoms. The second-order valence-corrected chi connectivity index (χ2v) is 14.7. The third-order valence-electron chi connectivity index (χ3n) is 9.50. The van der Waals surface area contributed by atoms with E-state index in [4.69, 9.17) is 0 Å². The van der Waals surface area contributed by atoms with Crippen LogP contribution in [0.4, 0.5) is 17.1 Å². The molecule has 0 saturated carbocycles. The number of aliphatic hydroxyl groups is 1. The number of anilines is 3. The van der Waals surface area contributed by atoms with Gasteiger partial charge in [0.05, 0.1) is 29.2 Å². The molecule has 3 fully saturated rings. The molecule has 2 aromatic rings. The zero-order valence-corrected chi connectivity index (χ0v) is 28.6. The van der Waals surface area contributed by atoms with Gasteiger partial charge in [-0.05, 0) is 63.6 Å². The molecular weight excluding hydrogens is 652 g/mol. The van der Waals surface area contributed by atoms with E-state index in [9.17, 15) is 19.5 Å². The highest BCUT2D eigenvalue weighted by molar-refractivity contribution is 9.09. The molecule has 7 atom stereocenters. The first-order valence-electron chi connectivity index (χ1n) is 15.7. The molecule has 8 nitrogen and oxygen atoms in total. The number of amides is 3. The van der Waals surface area contributed by atoms with Crippen molar-refractivity contribution in [3.05, 3.63) is 79.9 Å². The van der Waals surface area contributed by atoms with Crippen LogP contribution in [-0.2, 0) is 14.4 Å². The Morgan fingerprint density at radius 1 is 1.00 bits per heavy atom. The van der Waals surface area contributed by atoms with Crippen LogP contribution in [0.25, 0.3) is 0 Å². The number of benzene rings is 2. The molecule has 10 heteroatoms. The predicted octanol–water partition coefficient (Wildman–Crippen LogP) is 5.12. The van der Waals surface area contributed by atoms with Crippen molar-refractivity contribution in [3.63, 3.8) is 0 Å². The summed E-state index contributed by atoms with van der Waals surface area (Å²) in [5, 5.41) is 10.1. The smallest absolute Gasteiger partial charge is 0.251 e. The van der Waals surface area contributed by atoms with Crippen molar-refractivity contribution in [2.45, 2.75) is 54.1 Å². The van der Waals surface area contributed by atoms with Gasteiger partial charge in [0, 0.05) is 53.3 Å². The van der Waals surface area contributed by atoms with Crippen LogP contribution in [0, 0.1) is 11.8 Å². The molecule has 45 heavy (non-hydrogen) atoms. The SMILES string of the molecule is C=CCN(C(=O)C1N([C@H](C)CO)C(=O)[C@@H]2[C@@H](C(=O)N(CC=C)c3ccccc3)[C@@H]3SC12CC3Br)c1ccc(N(CC)CC)cc1. The summed E-state index contributed by atoms with van der Waals surface area (Å²) in [5.41, 5.74) is 2.51. The molecule has 0 radical (unpaired) electrons. The summed E-state index contributed by atoms with van der Waals surface area (Å²) in [5.74, 6) is -1.97. The van der Waals surface area contributed by atoms with Crippen LogP contribution in [0.2, 0.25) is 0 Å². The highest BCUT2D eigenvalue weighted by Crippen LogP contribution is 2.68. The standard InChI is InChI=1S/C35H43BrN4O4S/c1-6-19-38(25-13-11-10-12-14-25)32(42)28-29-33(43)40(23(5)22-41)31(35(29)21-27(36)30(28)45-35)34(44)39(20-7-2)26-17-15-24(16-18-26)37(8-3)9-4/h6-7,10-18,23,27-31,41H,1-2,8-9,19-22H2,3-5H3/t23-,27?,28-,29+,30-,31?,35?/m1/s1. The van der Waals surface area contributed by atoms with Crippen molar-refractivity contribution >= 4 is 62.5 Å². The summed E-state index contributed by atoms with van der Waals surface area (Å²) >= 11 is 5.46. The lowest BCUT2D eigenvalue weighted by Gasteiger charge is -2.39. The molecule has 3 heterocycles. The summed E-state index contributed by atoms with van der Waals surface area (Å²) in [6.07, 6.45) is 3.94. The topological polar surface area (TPSA) is 84.4 Å². The Morgan fingerprint density at radius 3 is 2.11 bits per heavy atom. The number of aliphatic hydroxyl groups excluding tert-OH is 1. The maximum absolute atomic E-state index is 14.9. The number of carbonyl (C=O) groups is 3. The van der Waals surface area contributed by atoms with E-state index in [1.165, 1.54) is 0 Å². The van der Waals surface area contributed by atoms with E-state index in [0.717, 1.165) is 24.5 Å². The lowest BCUT2D eigenvalue weighted by Crippen LogP contribution is -2.57. The molecule has 0 aromatic heterocycles. The molecule has 5 rings (SSSR count). The van der Waals surface area contributed by atoms with Crippen LogP contribution < -0.4 is 14.7 Å². The number of para-hydroxylation sites is 1. The monoisotopic (exact) mass is 694 g/mol. The third kappa shape index (κ3) is 5.63. The number of likely N-dealkylation sites (tertiary alicyclic amines) is 1. The van der Waals surface area contributed by atoms with Crippen molar-refractivity contribution in [1.82, 2.24) is 4.90 Å². The Bertz CT molecular complexity index is 1420. The fourth-order valence-electron chi connectivity index (χ4n) is 7.46. The first kappa shape index (κ1) is 33.3. The van der Waals surface area contributed by atoms with Crippen LogP contribution in [0.3, 0.4) is 0 Å². The minimum Gasteiger partial charge on any atom is -0.394 e. The third-order valence-corrected chi connectivity index (χ3v) is 12.7. The zero-order chi connectivity index (χ0) is 32.5. The highest BCUT2D eigenvalue weighted by Gasteiger charge is 2.76. The van der Waals surface area contributed by atoms with Gasteiger partial charge in [0.15, 0.2) is 0 Å². The number of hydrogen-bond donors (Lipinski definition) is 1. The van der Waals surface area contributed by atoms with Crippen molar-refractivity contribution in [1.29, 1.82) is 0 Å². The molecule has 0 aliphatic carbocycles. The predicted molar refractivity (Wildman–Crippen MR) is 187 cm³/mol. The number of hydrogen-bond acceptors (Lipinski definition) is 6. The summed E-state index contributed by atoms with van der Waals surface area (Å²) in [6.45, 7) is 15.8. The Hall–Kier alpha value is -3.08. The van der Waals surface area contributed by atoms with Crippen molar-refractivity contribution in [2.75, 3.05) is 47.5 Å². The van der Waals surface area contributed by atoms with Crippen molar-refractivity contribution in [3.8, 4) is 0 Å². The molecule has 1 N–H and O–H groups in total. The summed E-state index contributed by atoms with van der Waals surface area (Å²) in [6, 6.07) is 15.8. The van der Waals surface area contributed by atoms with Crippen LogP contribution in [-0.4, -0.2) is 87.4 Å². The van der Waals surface area contributed by atoms with Gasteiger partial charge in [0.2, 0.25) is 11.8 Å². The number of nitrogens with zero attached hydrogens (tertiary/aromatic N) is 4. The average Bonchev–Trinajstić information content (AvgIpc) is 3.66. The van der Waals surface area contributed by atoms with Gasteiger partial charge in [-0.3, -0.25) is 14.4 Å². The van der Waals surface area contributed by atoms with Crippen LogP contribution in [0.15, 0.2) is 79.9 Å². The van der Waals surface area contributed by atoms with Gasteiger partial charge in [0.25, 0.3) is 5.91 Å². The van der Waals surface area contributed by atoms with Crippen LogP contribution >= 0.6 is 27.7 Å². The van der Waals surface area contributed by atoms with E-state index in [2.05, 4.69) is 47.8 Å². The van der Waals surface area contributed by atoms with E-state index >= 15 is 0 Å². The van der Waals surface area contributed by atoms with E-state index in [1.807, 2.05) is 54.6 Å². The van der Waals surface area contributed by atoms with Crippen LogP contribution in [0.5, 0.6) is 0 Å². The summed E-state index contributed by atoms with van der Waals surface area (Å²) in [4.78, 5) is 51.0. The van der Waals surface area contributed by atoms with E-state index in [1.54, 1.807) is 45.5 Å². The minimum absolute atomic E-state index is 0.0669. The van der Waals surface area contributed by atoms with Gasteiger partial charge in [-0.15, -0.1) is 24.9 Å². The first-order chi connectivity index (χ1) is 21.7. The highest BCUT2D eigenvalue weighted by atomic mass is 79.9. The maximum atomic E-state index is 14.9. The fraction of sp³-hybridized carbons (Fsp3) is 0.457. The van der Waals surface area contributed by atoms with Crippen molar-refractivity contribution < 1.29 is 19.5 Å². The Balaban J connectivity index is 1.57. The summed E-state index contributed by atoms with van der Waals surface area (Å²) in [7, 11) is 0. The number of fused-ring (bicyclic) bond motifs is 1. The van der Waals surface area contributed by atoms with Gasteiger partial charge in [-0.1, -0.05) is 46.3 Å². The number of thioether (sulfide) groups is 1. The maximum Gasteiger partial charge on any atom is 0.251 e. The average molecular weight is 696 g/mol. The lowest BCUT2D eigenvalue weighted by molar-refractivity contribution is -0.141. The Morgan fingerprint density at radius 2 is 1.56 bits per heavy atom.